The Labute approximate surface area is 185 Å². The minimum absolute atomic E-state index is 0.0487. The van der Waals surface area contributed by atoms with Crippen molar-refractivity contribution < 1.29 is 14.0 Å². The van der Waals surface area contributed by atoms with Crippen LogP contribution < -0.4 is 5.32 Å². The van der Waals surface area contributed by atoms with Gasteiger partial charge in [-0.3, -0.25) is 14.5 Å². The van der Waals surface area contributed by atoms with Crippen LogP contribution >= 0.6 is 11.6 Å². The lowest BCUT2D eigenvalue weighted by atomic mass is 10.0. The summed E-state index contributed by atoms with van der Waals surface area (Å²) in [7, 11) is 0. The zero-order valence-electron chi connectivity index (χ0n) is 17.1. The van der Waals surface area contributed by atoms with E-state index in [-0.39, 0.29) is 23.6 Å². The second-order valence-electron chi connectivity index (χ2n) is 7.58. The van der Waals surface area contributed by atoms with Crippen LogP contribution in [-0.4, -0.2) is 16.7 Å². The van der Waals surface area contributed by atoms with Gasteiger partial charge >= 0.3 is 0 Å². The summed E-state index contributed by atoms with van der Waals surface area (Å²) in [5.41, 5.74) is 4.54. The van der Waals surface area contributed by atoms with E-state index < -0.39 is 11.8 Å². The topological polar surface area (TPSA) is 49.4 Å². The number of hydrogen-bond acceptors (Lipinski definition) is 3. The van der Waals surface area contributed by atoms with Crippen molar-refractivity contribution in [2.45, 2.75) is 20.4 Å². The van der Waals surface area contributed by atoms with Crippen LogP contribution in [0.25, 0.3) is 5.57 Å². The van der Waals surface area contributed by atoms with Crippen LogP contribution in [0.2, 0.25) is 5.02 Å². The van der Waals surface area contributed by atoms with Gasteiger partial charge in [0.15, 0.2) is 0 Å². The van der Waals surface area contributed by atoms with Crippen molar-refractivity contribution in [1.82, 2.24) is 4.90 Å². The average Bonchev–Trinajstić information content (AvgIpc) is 2.94. The summed E-state index contributed by atoms with van der Waals surface area (Å²) in [5.74, 6) is -1.22. The smallest absolute Gasteiger partial charge is 0.278 e. The molecule has 0 atom stereocenters. The summed E-state index contributed by atoms with van der Waals surface area (Å²) in [6.45, 7) is 3.98. The summed E-state index contributed by atoms with van der Waals surface area (Å²) < 4.78 is 13.3. The Bertz CT molecular complexity index is 1180. The maximum atomic E-state index is 13.3. The first-order valence-electron chi connectivity index (χ1n) is 9.78. The van der Waals surface area contributed by atoms with Crippen molar-refractivity contribution in [3.8, 4) is 0 Å². The number of nitrogens with one attached hydrogen (secondary N) is 1. The van der Waals surface area contributed by atoms with Crippen LogP contribution in [0, 0.1) is 19.7 Å². The van der Waals surface area contributed by atoms with E-state index in [1.165, 1.54) is 17.0 Å². The molecule has 1 heterocycles. The van der Waals surface area contributed by atoms with Gasteiger partial charge in [-0.2, -0.15) is 0 Å². The van der Waals surface area contributed by atoms with Gasteiger partial charge < -0.3 is 5.32 Å². The molecule has 0 unspecified atom stereocenters. The van der Waals surface area contributed by atoms with E-state index in [1.54, 1.807) is 36.4 Å². The lowest BCUT2D eigenvalue weighted by molar-refractivity contribution is -0.137. The summed E-state index contributed by atoms with van der Waals surface area (Å²) in [6.07, 6.45) is 0. The van der Waals surface area contributed by atoms with E-state index in [1.807, 2.05) is 32.0 Å². The van der Waals surface area contributed by atoms with Crippen LogP contribution in [0.5, 0.6) is 0 Å². The normalized spacial score (nSPS) is 13.9. The summed E-state index contributed by atoms with van der Waals surface area (Å²) in [5, 5.41) is 3.70. The Kier molecular flexibility index (Phi) is 5.61. The Morgan fingerprint density at radius 1 is 0.871 bits per heavy atom. The van der Waals surface area contributed by atoms with Gasteiger partial charge in [0, 0.05) is 10.7 Å². The number of imide groups is 1. The van der Waals surface area contributed by atoms with Gasteiger partial charge in [-0.15, -0.1) is 0 Å². The van der Waals surface area contributed by atoms with Gasteiger partial charge in [-0.1, -0.05) is 41.9 Å². The molecule has 3 aromatic rings. The lowest BCUT2D eigenvalue weighted by Gasteiger charge is -2.15. The Balaban J connectivity index is 1.75. The lowest BCUT2D eigenvalue weighted by Crippen LogP contribution is -2.32. The second-order valence-corrected chi connectivity index (χ2v) is 8.02. The third-order valence-corrected chi connectivity index (χ3v) is 5.30. The molecule has 6 heteroatoms. The zero-order valence-corrected chi connectivity index (χ0v) is 17.8. The van der Waals surface area contributed by atoms with Crippen molar-refractivity contribution >= 4 is 34.7 Å². The molecule has 0 bridgehead atoms. The summed E-state index contributed by atoms with van der Waals surface area (Å²) in [4.78, 5) is 27.8. The van der Waals surface area contributed by atoms with E-state index in [4.69, 9.17) is 11.6 Å². The van der Waals surface area contributed by atoms with Crippen LogP contribution in [0.15, 0.2) is 72.4 Å². The quantitative estimate of drug-likeness (QED) is 0.540. The third kappa shape index (κ3) is 4.37. The van der Waals surface area contributed by atoms with Crippen molar-refractivity contribution in [2.24, 2.45) is 0 Å². The van der Waals surface area contributed by atoms with Gasteiger partial charge in [-0.25, -0.2) is 4.39 Å². The highest BCUT2D eigenvalue weighted by atomic mass is 35.5. The molecular formula is C25H20ClFN2O2. The fourth-order valence-electron chi connectivity index (χ4n) is 3.68. The number of amides is 2. The number of benzene rings is 3. The molecular weight excluding hydrogens is 415 g/mol. The number of hydrogen-bond donors (Lipinski definition) is 1. The Hall–Kier alpha value is -3.44. The van der Waals surface area contributed by atoms with Crippen LogP contribution in [-0.2, 0) is 16.1 Å². The number of rotatable bonds is 5. The fraction of sp³-hybridized carbons (Fsp3) is 0.120. The van der Waals surface area contributed by atoms with E-state index in [2.05, 4.69) is 5.32 Å². The number of aryl methyl sites for hydroxylation is 2. The molecule has 4 rings (SSSR count). The van der Waals surface area contributed by atoms with Gasteiger partial charge in [0.25, 0.3) is 11.8 Å². The number of anilines is 1. The fourth-order valence-corrected chi connectivity index (χ4v) is 3.81. The summed E-state index contributed by atoms with van der Waals surface area (Å²) >= 11 is 6.01. The first-order valence-corrected chi connectivity index (χ1v) is 10.2. The predicted octanol–water partition coefficient (Wildman–Crippen LogP) is 5.49. The van der Waals surface area contributed by atoms with Gasteiger partial charge in [0.1, 0.15) is 11.5 Å². The predicted molar refractivity (Wildman–Crippen MR) is 120 cm³/mol. The molecule has 3 aromatic carbocycles. The minimum Gasteiger partial charge on any atom is -0.350 e. The van der Waals surface area contributed by atoms with Crippen molar-refractivity contribution in [2.75, 3.05) is 5.32 Å². The highest BCUT2D eigenvalue weighted by molar-refractivity contribution is 6.36. The molecule has 156 valence electrons. The zero-order chi connectivity index (χ0) is 22.1. The molecule has 1 aliphatic heterocycles. The average molecular weight is 435 g/mol. The van der Waals surface area contributed by atoms with E-state index >= 15 is 0 Å². The van der Waals surface area contributed by atoms with Gasteiger partial charge in [0.05, 0.1) is 12.1 Å². The molecule has 31 heavy (non-hydrogen) atoms. The highest BCUT2D eigenvalue weighted by Crippen LogP contribution is 2.32. The maximum Gasteiger partial charge on any atom is 0.278 e. The van der Waals surface area contributed by atoms with E-state index in [9.17, 15) is 14.0 Å². The van der Waals surface area contributed by atoms with Crippen molar-refractivity contribution in [3.05, 3.63) is 106 Å². The number of carbonyl (C=O) groups is 2. The molecule has 0 saturated heterocycles. The molecule has 4 nitrogen and oxygen atoms in total. The molecule has 0 spiro atoms. The number of nitrogens with zero attached hydrogens (tertiary/aromatic N) is 1. The van der Waals surface area contributed by atoms with Crippen molar-refractivity contribution in [3.63, 3.8) is 0 Å². The van der Waals surface area contributed by atoms with Gasteiger partial charge in [0.2, 0.25) is 0 Å². The monoisotopic (exact) mass is 434 g/mol. The molecule has 1 N–H and O–H groups in total. The standard InChI is InChI=1S/C25H20ClFN2O2/c1-15-11-16(2)13-21(12-15)28-23-22(18-5-7-19(26)8-6-18)24(30)29(25(23)31)14-17-3-9-20(27)10-4-17/h3-13,28H,14H2,1-2H3. The first kappa shape index (κ1) is 20.8. The highest BCUT2D eigenvalue weighted by Gasteiger charge is 2.39. The van der Waals surface area contributed by atoms with Crippen molar-refractivity contribution in [1.29, 1.82) is 0 Å². The number of carbonyl (C=O) groups excluding carboxylic acids is 2. The summed E-state index contributed by atoms with van der Waals surface area (Å²) in [6, 6.07) is 18.4. The molecule has 0 fully saturated rings. The molecule has 0 aromatic heterocycles. The molecule has 2 amide bonds. The Morgan fingerprint density at radius 3 is 2.10 bits per heavy atom. The Morgan fingerprint density at radius 2 is 1.48 bits per heavy atom. The van der Waals surface area contributed by atoms with Crippen LogP contribution in [0.3, 0.4) is 0 Å². The van der Waals surface area contributed by atoms with E-state index in [0.29, 0.717) is 16.1 Å². The van der Waals surface area contributed by atoms with Gasteiger partial charge in [-0.05, 0) is 72.5 Å². The van der Waals surface area contributed by atoms with Crippen LogP contribution in [0.4, 0.5) is 10.1 Å². The molecule has 0 aliphatic carbocycles. The molecule has 1 aliphatic rings. The minimum atomic E-state index is -0.432. The molecule has 0 radical (unpaired) electrons. The largest absolute Gasteiger partial charge is 0.350 e. The van der Waals surface area contributed by atoms with E-state index in [0.717, 1.165) is 16.8 Å². The third-order valence-electron chi connectivity index (χ3n) is 5.05. The maximum absolute atomic E-state index is 13.3. The first-order chi connectivity index (χ1) is 14.8. The second kappa shape index (κ2) is 8.36. The molecule has 0 saturated carbocycles. The van der Waals surface area contributed by atoms with Crippen LogP contribution in [0.1, 0.15) is 22.3 Å². The number of halogens is 2. The SMILES string of the molecule is Cc1cc(C)cc(NC2=C(c3ccc(Cl)cc3)C(=O)N(Cc3ccc(F)cc3)C2=O)c1.